The lowest BCUT2D eigenvalue weighted by Gasteiger charge is -2.07. The third kappa shape index (κ3) is 6.17. The van der Waals surface area contributed by atoms with E-state index in [2.05, 4.69) is 28.3 Å². The molecule has 27 heavy (non-hydrogen) atoms. The molecule has 142 valence electrons. The summed E-state index contributed by atoms with van der Waals surface area (Å²) in [6.45, 7) is 3.05. The summed E-state index contributed by atoms with van der Waals surface area (Å²) in [5, 5.41) is 2.06. The van der Waals surface area contributed by atoms with Crippen LogP contribution in [0, 0.1) is 0 Å². The van der Waals surface area contributed by atoms with E-state index in [1.54, 1.807) is 11.3 Å². The number of rotatable bonds is 11. The number of nitrogens with zero attached hydrogens (tertiary/aromatic N) is 2. The molecule has 0 N–H and O–H groups in total. The van der Waals surface area contributed by atoms with Crippen LogP contribution in [0.5, 0.6) is 5.75 Å². The molecule has 3 rings (SSSR count). The second kappa shape index (κ2) is 10.8. The monoisotopic (exact) mass is 380 g/mol. The molecule has 4 heteroatoms. The van der Waals surface area contributed by atoms with Crippen LogP contribution in [-0.2, 0) is 0 Å². The van der Waals surface area contributed by atoms with E-state index < -0.39 is 0 Å². The highest BCUT2D eigenvalue weighted by atomic mass is 32.1. The summed E-state index contributed by atoms with van der Waals surface area (Å²) in [4.78, 5) is 10.2. The highest BCUT2D eigenvalue weighted by Gasteiger charge is 2.04. The number of thiophene rings is 1. The van der Waals surface area contributed by atoms with E-state index in [4.69, 9.17) is 4.74 Å². The molecule has 0 radical (unpaired) electrons. The van der Waals surface area contributed by atoms with Gasteiger partial charge in [-0.15, -0.1) is 11.3 Å². The van der Waals surface area contributed by atoms with Crippen LogP contribution in [0.15, 0.2) is 54.2 Å². The van der Waals surface area contributed by atoms with Crippen LogP contribution in [0.2, 0.25) is 0 Å². The molecule has 3 nitrogen and oxygen atoms in total. The van der Waals surface area contributed by atoms with Crippen molar-refractivity contribution >= 4 is 11.3 Å². The number of hydrogen-bond acceptors (Lipinski definition) is 4. The van der Waals surface area contributed by atoms with Gasteiger partial charge in [0.25, 0.3) is 0 Å². The van der Waals surface area contributed by atoms with E-state index in [9.17, 15) is 0 Å². The Morgan fingerprint density at radius 3 is 2.19 bits per heavy atom. The first-order valence-electron chi connectivity index (χ1n) is 9.96. The first-order valence-corrected chi connectivity index (χ1v) is 10.8. The summed E-state index contributed by atoms with van der Waals surface area (Å²) in [6.07, 6.45) is 12.9. The SMILES string of the molecule is CCCCCCCCCOc1ccc(-c2ncc(-c3cccs3)cn2)cc1. The van der Waals surface area contributed by atoms with Gasteiger partial charge < -0.3 is 4.74 Å². The molecule has 0 bridgehead atoms. The average Bonchev–Trinajstić information content (AvgIpc) is 3.26. The second-order valence-corrected chi connectivity index (χ2v) is 7.71. The van der Waals surface area contributed by atoms with Crippen LogP contribution >= 0.6 is 11.3 Å². The zero-order chi connectivity index (χ0) is 18.7. The predicted molar refractivity (Wildman–Crippen MR) is 114 cm³/mol. The normalized spacial score (nSPS) is 10.9. The van der Waals surface area contributed by atoms with Gasteiger partial charge in [0.15, 0.2) is 5.82 Å². The van der Waals surface area contributed by atoms with Gasteiger partial charge in [-0.2, -0.15) is 0 Å². The van der Waals surface area contributed by atoms with Crippen molar-refractivity contribution in [3.63, 3.8) is 0 Å². The molecule has 0 saturated heterocycles. The quantitative estimate of drug-likeness (QED) is 0.336. The topological polar surface area (TPSA) is 35.0 Å². The summed E-state index contributed by atoms with van der Waals surface area (Å²) in [5.41, 5.74) is 2.07. The van der Waals surface area contributed by atoms with Crippen molar-refractivity contribution in [1.82, 2.24) is 9.97 Å². The maximum Gasteiger partial charge on any atom is 0.159 e. The lowest BCUT2D eigenvalue weighted by Crippen LogP contribution is -1.97. The third-order valence-electron chi connectivity index (χ3n) is 4.59. The Morgan fingerprint density at radius 2 is 1.52 bits per heavy atom. The molecule has 0 aliphatic heterocycles. The fraction of sp³-hybridized carbons (Fsp3) is 0.391. The summed E-state index contributed by atoms with van der Waals surface area (Å²) in [6, 6.07) is 12.2. The maximum atomic E-state index is 5.85. The Labute approximate surface area is 166 Å². The fourth-order valence-electron chi connectivity index (χ4n) is 3.00. The summed E-state index contributed by atoms with van der Waals surface area (Å²) >= 11 is 1.70. The van der Waals surface area contributed by atoms with Crippen LogP contribution in [0.4, 0.5) is 0 Å². The minimum absolute atomic E-state index is 0.744. The number of aromatic nitrogens is 2. The van der Waals surface area contributed by atoms with Gasteiger partial charge in [-0.05, 0) is 42.1 Å². The van der Waals surface area contributed by atoms with Crippen molar-refractivity contribution in [2.24, 2.45) is 0 Å². The minimum atomic E-state index is 0.744. The Morgan fingerprint density at radius 1 is 0.815 bits per heavy atom. The van der Waals surface area contributed by atoms with Crippen molar-refractivity contribution < 1.29 is 4.74 Å². The van der Waals surface area contributed by atoms with E-state index in [-0.39, 0.29) is 0 Å². The summed E-state index contributed by atoms with van der Waals surface area (Å²) in [7, 11) is 0. The standard InChI is InChI=1S/C23H28N2OS/c1-2-3-4-5-6-7-8-15-26-21-13-11-19(12-14-21)23-24-17-20(18-25-23)22-10-9-16-27-22/h9-14,16-18H,2-8,15H2,1H3. The van der Waals surface area contributed by atoms with Gasteiger partial charge >= 0.3 is 0 Å². The number of unbranched alkanes of at least 4 members (excludes halogenated alkanes) is 6. The minimum Gasteiger partial charge on any atom is -0.494 e. The van der Waals surface area contributed by atoms with Gasteiger partial charge in [0.1, 0.15) is 5.75 Å². The Bertz CT molecular complexity index is 767. The predicted octanol–water partition coefficient (Wildman–Crippen LogP) is 7.00. The van der Waals surface area contributed by atoms with Crippen LogP contribution in [0.25, 0.3) is 21.8 Å². The Hall–Kier alpha value is -2.20. The van der Waals surface area contributed by atoms with Crippen molar-refractivity contribution in [2.45, 2.75) is 51.9 Å². The summed E-state index contributed by atoms with van der Waals surface area (Å²) in [5.74, 6) is 1.66. The molecule has 0 saturated carbocycles. The summed E-state index contributed by atoms with van der Waals surface area (Å²) < 4.78 is 5.85. The second-order valence-electron chi connectivity index (χ2n) is 6.77. The van der Waals surface area contributed by atoms with Gasteiger partial charge in [-0.1, -0.05) is 51.5 Å². The van der Waals surface area contributed by atoms with Gasteiger partial charge in [-0.3, -0.25) is 0 Å². The average molecular weight is 381 g/mol. The van der Waals surface area contributed by atoms with Crippen molar-refractivity contribution in [2.75, 3.05) is 6.61 Å². The van der Waals surface area contributed by atoms with E-state index in [1.807, 2.05) is 42.7 Å². The van der Waals surface area contributed by atoms with Gasteiger partial charge in [0.2, 0.25) is 0 Å². The first-order chi connectivity index (χ1) is 13.4. The van der Waals surface area contributed by atoms with Crippen LogP contribution in [-0.4, -0.2) is 16.6 Å². The Balaban J connectivity index is 1.43. The largest absolute Gasteiger partial charge is 0.494 e. The molecule has 0 amide bonds. The molecule has 0 unspecified atom stereocenters. The molecular weight excluding hydrogens is 352 g/mol. The molecule has 3 aromatic rings. The van der Waals surface area contributed by atoms with Crippen molar-refractivity contribution in [3.8, 4) is 27.6 Å². The van der Waals surface area contributed by atoms with Crippen LogP contribution in [0.1, 0.15) is 51.9 Å². The molecule has 2 heterocycles. The lowest BCUT2D eigenvalue weighted by atomic mass is 10.1. The van der Waals surface area contributed by atoms with E-state index in [1.165, 1.54) is 43.4 Å². The molecule has 0 spiro atoms. The molecule has 0 aliphatic rings. The molecule has 1 aromatic carbocycles. The van der Waals surface area contributed by atoms with E-state index in [0.29, 0.717) is 0 Å². The van der Waals surface area contributed by atoms with E-state index in [0.717, 1.165) is 35.7 Å². The lowest BCUT2D eigenvalue weighted by molar-refractivity contribution is 0.304. The zero-order valence-corrected chi connectivity index (χ0v) is 16.9. The molecule has 0 aliphatic carbocycles. The highest BCUT2D eigenvalue weighted by Crippen LogP contribution is 2.25. The number of ether oxygens (including phenoxy) is 1. The number of benzene rings is 1. The van der Waals surface area contributed by atoms with Gasteiger partial charge in [-0.25, -0.2) is 9.97 Å². The molecular formula is C23H28N2OS. The van der Waals surface area contributed by atoms with Crippen LogP contribution in [0.3, 0.4) is 0 Å². The van der Waals surface area contributed by atoms with Crippen molar-refractivity contribution in [1.29, 1.82) is 0 Å². The van der Waals surface area contributed by atoms with Gasteiger partial charge in [0, 0.05) is 28.4 Å². The fourth-order valence-corrected chi connectivity index (χ4v) is 3.70. The number of hydrogen-bond donors (Lipinski definition) is 0. The van der Waals surface area contributed by atoms with E-state index >= 15 is 0 Å². The molecule has 0 fully saturated rings. The first kappa shape index (κ1) is 19.6. The maximum absolute atomic E-state index is 5.85. The highest BCUT2D eigenvalue weighted by molar-refractivity contribution is 7.13. The van der Waals surface area contributed by atoms with Crippen LogP contribution < -0.4 is 4.74 Å². The smallest absolute Gasteiger partial charge is 0.159 e. The Kier molecular flexibility index (Phi) is 7.84. The molecule has 2 aromatic heterocycles. The van der Waals surface area contributed by atoms with Crippen molar-refractivity contribution in [3.05, 3.63) is 54.2 Å². The van der Waals surface area contributed by atoms with Gasteiger partial charge in [0.05, 0.1) is 6.61 Å². The zero-order valence-electron chi connectivity index (χ0n) is 16.1. The molecule has 0 atom stereocenters. The third-order valence-corrected chi connectivity index (χ3v) is 5.51.